The fraction of sp³-hybridized carbons (Fsp3) is 0.562. The lowest BCUT2D eigenvalue weighted by molar-refractivity contribution is -0.183. The van der Waals surface area contributed by atoms with Crippen molar-refractivity contribution in [2.45, 2.75) is 39.4 Å². The Morgan fingerprint density at radius 1 is 1.08 bits per heavy atom. The van der Waals surface area contributed by atoms with Crippen LogP contribution in [0.3, 0.4) is 0 Å². The highest BCUT2D eigenvalue weighted by Crippen LogP contribution is 2.33. The first-order valence-corrected chi connectivity index (χ1v) is 9.27. The quantitative estimate of drug-likeness (QED) is 0.180. The van der Waals surface area contributed by atoms with Crippen molar-refractivity contribution in [3.63, 3.8) is 0 Å². The average molecular weight is 392 g/mol. The molecule has 0 spiro atoms. The molecule has 26 heavy (non-hydrogen) atoms. The first-order chi connectivity index (χ1) is 11.9. The predicted molar refractivity (Wildman–Crippen MR) is 91.6 cm³/mol. The Hall–Kier alpha value is -2.20. The molecule has 0 bridgehead atoms. The number of carbonyl (C=O) groups is 3. The summed E-state index contributed by atoms with van der Waals surface area (Å²) < 4.78 is 45.2. The van der Waals surface area contributed by atoms with E-state index in [2.05, 4.69) is 13.2 Å². The lowest BCUT2D eigenvalue weighted by Crippen LogP contribution is -2.50. The predicted octanol–water partition coefficient (Wildman–Crippen LogP) is 1.05. The van der Waals surface area contributed by atoms with Gasteiger partial charge in [-0.25, -0.2) is 9.59 Å². The number of hydrogen-bond donors (Lipinski definition) is 1. The zero-order valence-electron chi connectivity index (χ0n) is 15.0. The van der Waals surface area contributed by atoms with Crippen molar-refractivity contribution < 1.29 is 41.6 Å². The second kappa shape index (κ2) is 10.1. The van der Waals surface area contributed by atoms with Gasteiger partial charge in [0, 0.05) is 12.2 Å². The van der Waals surface area contributed by atoms with Crippen molar-refractivity contribution in [2.75, 3.05) is 12.4 Å². The normalized spacial score (nSPS) is 15.7. The van der Waals surface area contributed by atoms with Crippen LogP contribution in [-0.4, -0.2) is 55.4 Å². The van der Waals surface area contributed by atoms with Gasteiger partial charge in [0.15, 0.2) is 0 Å². The van der Waals surface area contributed by atoms with Gasteiger partial charge in [-0.2, -0.15) is 8.42 Å². The highest BCUT2D eigenvalue weighted by atomic mass is 32.2. The van der Waals surface area contributed by atoms with E-state index < -0.39 is 51.4 Å². The summed E-state index contributed by atoms with van der Waals surface area (Å²) in [6.45, 7) is 10.4. The van der Waals surface area contributed by atoms with E-state index in [1.807, 2.05) is 0 Å². The Morgan fingerprint density at radius 2 is 1.50 bits per heavy atom. The van der Waals surface area contributed by atoms with Crippen LogP contribution in [0.4, 0.5) is 0 Å². The molecule has 0 aliphatic heterocycles. The van der Waals surface area contributed by atoms with Crippen LogP contribution in [0, 0.1) is 5.41 Å². The molecule has 10 heteroatoms. The molecule has 0 fully saturated rings. The molecule has 0 aliphatic rings. The average Bonchev–Trinajstić information content (AvgIpc) is 2.56. The third-order valence-electron chi connectivity index (χ3n) is 3.83. The SMILES string of the molecule is C=CC(=O)OC(C)C(C)(C(=O)OCCCS(=O)(=O)O)C(C)OC(=O)C=C. The molecule has 0 heterocycles. The summed E-state index contributed by atoms with van der Waals surface area (Å²) in [4.78, 5) is 35.4. The summed E-state index contributed by atoms with van der Waals surface area (Å²) in [5.74, 6) is -3.03. The Kier molecular flexibility index (Phi) is 9.22. The van der Waals surface area contributed by atoms with E-state index in [0.717, 1.165) is 12.2 Å². The maximum Gasteiger partial charge on any atom is 0.330 e. The van der Waals surface area contributed by atoms with Crippen molar-refractivity contribution in [3.05, 3.63) is 25.3 Å². The fourth-order valence-corrected chi connectivity index (χ4v) is 2.40. The van der Waals surface area contributed by atoms with E-state index in [9.17, 15) is 22.8 Å². The van der Waals surface area contributed by atoms with Gasteiger partial charge in [-0.15, -0.1) is 0 Å². The van der Waals surface area contributed by atoms with E-state index in [1.165, 1.54) is 20.8 Å². The highest BCUT2D eigenvalue weighted by Gasteiger charge is 2.49. The van der Waals surface area contributed by atoms with Gasteiger partial charge < -0.3 is 14.2 Å². The van der Waals surface area contributed by atoms with Gasteiger partial charge in [-0.05, 0) is 27.2 Å². The van der Waals surface area contributed by atoms with Crippen LogP contribution in [0.15, 0.2) is 25.3 Å². The number of ether oxygens (including phenoxy) is 3. The van der Waals surface area contributed by atoms with Crippen LogP contribution in [0.1, 0.15) is 27.2 Å². The molecule has 0 amide bonds. The minimum absolute atomic E-state index is 0.137. The topological polar surface area (TPSA) is 133 Å². The molecule has 0 aromatic carbocycles. The van der Waals surface area contributed by atoms with Gasteiger partial charge >= 0.3 is 17.9 Å². The Balaban J connectivity index is 5.30. The molecule has 2 atom stereocenters. The van der Waals surface area contributed by atoms with Crippen LogP contribution in [0.2, 0.25) is 0 Å². The summed E-state index contributed by atoms with van der Waals surface area (Å²) in [6, 6.07) is 0. The van der Waals surface area contributed by atoms with Gasteiger partial charge in [-0.3, -0.25) is 9.35 Å². The number of esters is 3. The Bertz CT molecular complexity index is 623. The third kappa shape index (κ3) is 7.36. The van der Waals surface area contributed by atoms with E-state index in [4.69, 9.17) is 18.8 Å². The zero-order valence-corrected chi connectivity index (χ0v) is 15.8. The molecular formula is C16H24O9S. The van der Waals surface area contributed by atoms with Gasteiger partial charge in [0.05, 0.1) is 12.4 Å². The maximum atomic E-state index is 12.5. The smallest absolute Gasteiger partial charge is 0.330 e. The largest absolute Gasteiger partial charge is 0.465 e. The number of carbonyl (C=O) groups excluding carboxylic acids is 3. The minimum atomic E-state index is -4.18. The zero-order chi connectivity index (χ0) is 20.5. The maximum absolute atomic E-state index is 12.5. The molecule has 148 valence electrons. The van der Waals surface area contributed by atoms with E-state index in [-0.39, 0.29) is 13.0 Å². The van der Waals surface area contributed by atoms with Gasteiger partial charge in [-0.1, -0.05) is 13.2 Å². The minimum Gasteiger partial charge on any atom is -0.465 e. The van der Waals surface area contributed by atoms with Crippen molar-refractivity contribution in [3.8, 4) is 0 Å². The lowest BCUT2D eigenvalue weighted by atomic mass is 9.79. The monoisotopic (exact) mass is 392 g/mol. The standard InChI is InChI=1S/C16H24O9S/c1-6-13(17)24-11(3)16(5,12(4)25-14(18)7-2)15(19)23-9-8-10-26(20,21)22/h6-7,11-12H,1-2,8-10H2,3-5H3,(H,20,21,22). The molecule has 0 saturated heterocycles. The van der Waals surface area contributed by atoms with E-state index in [1.54, 1.807) is 0 Å². The Morgan fingerprint density at radius 3 is 1.85 bits per heavy atom. The van der Waals surface area contributed by atoms with Gasteiger partial charge in [0.1, 0.15) is 17.6 Å². The number of rotatable bonds is 11. The van der Waals surface area contributed by atoms with Gasteiger partial charge in [0.2, 0.25) is 0 Å². The van der Waals surface area contributed by atoms with Crippen molar-refractivity contribution in [2.24, 2.45) is 5.41 Å². The van der Waals surface area contributed by atoms with Crippen molar-refractivity contribution >= 4 is 28.0 Å². The Labute approximate surface area is 152 Å². The van der Waals surface area contributed by atoms with Crippen LogP contribution in [-0.2, 0) is 38.7 Å². The molecule has 0 aromatic heterocycles. The molecule has 2 unspecified atom stereocenters. The number of hydrogen-bond acceptors (Lipinski definition) is 8. The third-order valence-corrected chi connectivity index (χ3v) is 4.63. The van der Waals surface area contributed by atoms with Crippen LogP contribution < -0.4 is 0 Å². The van der Waals surface area contributed by atoms with Crippen LogP contribution in [0.5, 0.6) is 0 Å². The molecule has 1 N–H and O–H groups in total. The summed E-state index contributed by atoms with van der Waals surface area (Å²) >= 11 is 0. The first-order valence-electron chi connectivity index (χ1n) is 7.67. The molecule has 0 saturated carbocycles. The molecule has 0 rings (SSSR count). The second-order valence-corrected chi connectivity index (χ2v) is 7.20. The lowest BCUT2D eigenvalue weighted by Gasteiger charge is -2.36. The van der Waals surface area contributed by atoms with Crippen molar-refractivity contribution in [1.82, 2.24) is 0 Å². The second-order valence-electron chi connectivity index (χ2n) is 5.62. The fourth-order valence-electron chi connectivity index (χ4n) is 1.91. The summed E-state index contributed by atoms with van der Waals surface area (Å²) in [7, 11) is -4.18. The molecule has 9 nitrogen and oxygen atoms in total. The van der Waals surface area contributed by atoms with Crippen molar-refractivity contribution in [1.29, 1.82) is 0 Å². The van der Waals surface area contributed by atoms with Crippen LogP contribution in [0.25, 0.3) is 0 Å². The highest BCUT2D eigenvalue weighted by molar-refractivity contribution is 7.85. The molecule has 0 aliphatic carbocycles. The summed E-state index contributed by atoms with van der Waals surface area (Å²) in [5, 5.41) is 0. The van der Waals surface area contributed by atoms with E-state index >= 15 is 0 Å². The van der Waals surface area contributed by atoms with Crippen LogP contribution >= 0.6 is 0 Å². The molecular weight excluding hydrogens is 368 g/mol. The first kappa shape index (κ1) is 23.8. The molecule has 0 aromatic rings. The van der Waals surface area contributed by atoms with E-state index in [0.29, 0.717) is 0 Å². The summed E-state index contributed by atoms with van der Waals surface area (Å²) in [5.41, 5.74) is -1.59. The molecule has 0 radical (unpaired) electrons. The van der Waals surface area contributed by atoms with Gasteiger partial charge in [0.25, 0.3) is 10.1 Å². The summed E-state index contributed by atoms with van der Waals surface area (Å²) in [6.07, 6.45) is -0.435.